The first-order valence-corrected chi connectivity index (χ1v) is 7.16. The lowest BCUT2D eigenvalue weighted by molar-refractivity contribution is -0.274. The second-order valence-corrected chi connectivity index (χ2v) is 5.00. The van der Waals surface area contributed by atoms with Crippen molar-refractivity contribution in [3.05, 3.63) is 22.7 Å². The van der Waals surface area contributed by atoms with Gasteiger partial charge in [0, 0.05) is 18.8 Å². The van der Waals surface area contributed by atoms with Gasteiger partial charge in [-0.05, 0) is 47.2 Å². The minimum absolute atomic E-state index is 0.244. The van der Waals surface area contributed by atoms with Gasteiger partial charge in [-0.2, -0.15) is 0 Å². The van der Waals surface area contributed by atoms with E-state index in [0.29, 0.717) is 0 Å². The van der Waals surface area contributed by atoms with Crippen LogP contribution in [-0.2, 0) is 0 Å². The van der Waals surface area contributed by atoms with E-state index < -0.39 is 6.36 Å². The van der Waals surface area contributed by atoms with Crippen LogP contribution in [-0.4, -0.2) is 37.4 Å². The van der Waals surface area contributed by atoms with E-state index in [1.807, 2.05) is 0 Å². The van der Waals surface area contributed by atoms with Gasteiger partial charge in [-0.3, -0.25) is 0 Å². The van der Waals surface area contributed by atoms with E-state index in [1.54, 1.807) is 12.1 Å². The maximum absolute atomic E-state index is 12.1. The summed E-state index contributed by atoms with van der Waals surface area (Å²) in [5.41, 5.74) is 0.749. The first kappa shape index (κ1) is 17.1. The molecule has 1 aromatic carbocycles. The summed E-state index contributed by atoms with van der Waals surface area (Å²) >= 11 is 3.07. The van der Waals surface area contributed by atoms with Gasteiger partial charge >= 0.3 is 6.36 Å². The van der Waals surface area contributed by atoms with Gasteiger partial charge in [-0.25, -0.2) is 0 Å². The van der Waals surface area contributed by atoms with Gasteiger partial charge in [-0.15, -0.1) is 13.2 Å². The Balaban J connectivity index is 2.55. The Kier molecular flexibility index (Phi) is 6.61. The SMILES string of the molecule is CCN(CC)CCNc1ccc(OC(F)(F)F)c(Br)c1. The number of rotatable bonds is 7. The van der Waals surface area contributed by atoms with Crippen LogP contribution >= 0.6 is 15.9 Å². The second kappa shape index (κ2) is 7.73. The molecular formula is C13H18BrF3N2O. The van der Waals surface area contributed by atoms with Crippen molar-refractivity contribution in [2.75, 3.05) is 31.5 Å². The number of alkyl halides is 3. The number of ether oxygens (including phenoxy) is 1. The fraction of sp³-hybridized carbons (Fsp3) is 0.538. The quantitative estimate of drug-likeness (QED) is 0.797. The van der Waals surface area contributed by atoms with Crippen molar-refractivity contribution >= 4 is 21.6 Å². The van der Waals surface area contributed by atoms with Crippen molar-refractivity contribution in [1.82, 2.24) is 4.90 Å². The first-order valence-electron chi connectivity index (χ1n) is 6.37. The highest BCUT2D eigenvalue weighted by atomic mass is 79.9. The van der Waals surface area contributed by atoms with Crippen LogP contribution in [0, 0.1) is 0 Å². The summed E-state index contributed by atoms with van der Waals surface area (Å²) in [6.45, 7) is 7.73. The van der Waals surface area contributed by atoms with E-state index >= 15 is 0 Å². The summed E-state index contributed by atoms with van der Waals surface area (Å²) in [7, 11) is 0. The summed E-state index contributed by atoms with van der Waals surface area (Å²) in [5.74, 6) is -0.244. The van der Waals surface area contributed by atoms with Crippen LogP contribution in [0.2, 0.25) is 0 Å². The Hall–Kier alpha value is -0.950. The Morgan fingerprint density at radius 2 is 1.90 bits per heavy atom. The Morgan fingerprint density at radius 3 is 2.40 bits per heavy atom. The molecule has 3 nitrogen and oxygen atoms in total. The minimum atomic E-state index is -4.68. The van der Waals surface area contributed by atoms with E-state index in [2.05, 4.69) is 44.7 Å². The average Bonchev–Trinajstić information content (AvgIpc) is 2.36. The van der Waals surface area contributed by atoms with Crippen molar-refractivity contribution in [3.8, 4) is 5.75 Å². The molecule has 0 spiro atoms. The summed E-state index contributed by atoms with van der Waals surface area (Å²) in [4.78, 5) is 2.25. The first-order chi connectivity index (χ1) is 9.35. The summed E-state index contributed by atoms with van der Waals surface area (Å²) < 4.78 is 40.5. The minimum Gasteiger partial charge on any atom is -0.405 e. The molecular weight excluding hydrogens is 337 g/mol. The zero-order valence-electron chi connectivity index (χ0n) is 11.4. The van der Waals surface area contributed by atoms with Gasteiger partial charge < -0.3 is 15.0 Å². The molecule has 0 heterocycles. The zero-order valence-corrected chi connectivity index (χ0v) is 13.0. The van der Waals surface area contributed by atoms with Crippen molar-refractivity contribution in [2.45, 2.75) is 20.2 Å². The molecule has 1 N–H and O–H groups in total. The molecule has 0 bridgehead atoms. The fourth-order valence-electron chi connectivity index (χ4n) is 1.72. The van der Waals surface area contributed by atoms with Crippen molar-refractivity contribution < 1.29 is 17.9 Å². The van der Waals surface area contributed by atoms with Gasteiger partial charge in [0.2, 0.25) is 0 Å². The topological polar surface area (TPSA) is 24.5 Å². The number of likely N-dealkylation sites (N-methyl/N-ethyl adjacent to an activating group) is 1. The van der Waals surface area contributed by atoms with Crippen LogP contribution in [0.25, 0.3) is 0 Å². The van der Waals surface area contributed by atoms with E-state index in [9.17, 15) is 13.2 Å². The molecule has 0 saturated carbocycles. The number of halogens is 4. The van der Waals surface area contributed by atoms with Crippen LogP contribution < -0.4 is 10.1 Å². The third-order valence-corrected chi connectivity index (χ3v) is 3.43. The van der Waals surface area contributed by atoms with E-state index in [4.69, 9.17) is 0 Å². The fourth-order valence-corrected chi connectivity index (χ4v) is 2.18. The highest BCUT2D eigenvalue weighted by Crippen LogP contribution is 2.32. The molecule has 0 aliphatic heterocycles. The molecule has 0 saturated heterocycles. The largest absolute Gasteiger partial charge is 0.573 e. The Morgan fingerprint density at radius 1 is 1.25 bits per heavy atom. The van der Waals surface area contributed by atoms with Gasteiger partial charge in [-0.1, -0.05) is 13.8 Å². The van der Waals surface area contributed by atoms with Crippen molar-refractivity contribution in [1.29, 1.82) is 0 Å². The number of hydrogen-bond acceptors (Lipinski definition) is 3. The maximum Gasteiger partial charge on any atom is 0.573 e. The van der Waals surface area contributed by atoms with Gasteiger partial charge in [0.15, 0.2) is 0 Å². The lowest BCUT2D eigenvalue weighted by atomic mass is 10.3. The molecule has 0 radical (unpaired) electrons. The summed E-state index contributed by atoms with van der Waals surface area (Å²) in [5, 5.41) is 3.17. The average molecular weight is 355 g/mol. The third kappa shape index (κ3) is 6.00. The van der Waals surface area contributed by atoms with Crippen LogP contribution in [0.1, 0.15) is 13.8 Å². The number of nitrogens with zero attached hydrogens (tertiary/aromatic N) is 1. The monoisotopic (exact) mass is 354 g/mol. The van der Waals surface area contributed by atoms with E-state index in [0.717, 1.165) is 31.9 Å². The molecule has 0 aliphatic rings. The molecule has 114 valence electrons. The highest BCUT2D eigenvalue weighted by molar-refractivity contribution is 9.10. The van der Waals surface area contributed by atoms with Gasteiger partial charge in [0.1, 0.15) is 5.75 Å². The molecule has 20 heavy (non-hydrogen) atoms. The normalized spacial score (nSPS) is 11.8. The maximum atomic E-state index is 12.1. The lowest BCUT2D eigenvalue weighted by Gasteiger charge is -2.18. The molecule has 7 heteroatoms. The summed E-state index contributed by atoms with van der Waals surface area (Å²) in [6, 6.07) is 4.43. The van der Waals surface area contributed by atoms with Crippen molar-refractivity contribution in [3.63, 3.8) is 0 Å². The number of nitrogens with one attached hydrogen (secondary N) is 1. The lowest BCUT2D eigenvalue weighted by Crippen LogP contribution is -2.28. The summed E-state index contributed by atoms with van der Waals surface area (Å²) in [6.07, 6.45) is -4.68. The smallest absolute Gasteiger partial charge is 0.405 e. The number of benzene rings is 1. The zero-order chi connectivity index (χ0) is 15.2. The van der Waals surface area contributed by atoms with Crippen LogP contribution in [0.15, 0.2) is 22.7 Å². The third-order valence-electron chi connectivity index (χ3n) is 2.81. The predicted molar refractivity (Wildman–Crippen MR) is 77.1 cm³/mol. The standard InChI is InChI=1S/C13H18BrF3N2O/c1-3-19(4-2)8-7-18-10-5-6-12(11(14)9-10)20-13(15,16)17/h5-6,9,18H,3-4,7-8H2,1-2H3. The van der Waals surface area contributed by atoms with Crippen LogP contribution in [0.3, 0.4) is 0 Å². The Labute approximate surface area is 125 Å². The second-order valence-electron chi connectivity index (χ2n) is 4.15. The van der Waals surface area contributed by atoms with Crippen LogP contribution in [0.4, 0.5) is 18.9 Å². The molecule has 1 aromatic rings. The Bertz CT molecular complexity index is 423. The molecule has 0 aliphatic carbocycles. The predicted octanol–water partition coefficient (Wildman–Crippen LogP) is 4.10. The van der Waals surface area contributed by atoms with E-state index in [-0.39, 0.29) is 10.2 Å². The van der Waals surface area contributed by atoms with Crippen LogP contribution in [0.5, 0.6) is 5.75 Å². The molecule has 0 unspecified atom stereocenters. The van der Waals surface area contributed by atoms with E-state index in [1.165, 1.54) is 6.07 Å². The number of hydrogen-bond donors (Lipinski definition) is 1. The molecule has 0 amide bonds. The molecule has 1 rings (SSSR count). The van der Waals surface area contributed by atoms with Gasteiger partial charge in [0.05, 0.1) is 4.47 Å². The number of anilines is 1. The van der Waals surface area contributed by atoms with Gasteiger partial charge in [0.25, 0.3) is 0 Å². The van der Waals surface area contributed by atoms with Crippen molar-refractivity contribution in [2.24, 2.45) is 0 Å². The molecule has 0 fully saturated rings. The molecule has 0 aromatic heterocycles. The highest BCUT2D eigenvalue weighted by Gasteiger charge is 2.31. The molecule has 0 atom stereocenters.